The van der Waals surface area contributed by atoms with Crippen molar-refractivity contribution in [3.63, 3.8) is 0 Å². The third kappa shape index (κ3) is 2.72. The molecule has 0 spiro atoms. The highest BCUT2D eigenvalue weighted by molar-refractivity contribution is 5.77. The largest absolute Gasteiger partial charge is 0.472 e. The molecule has 2 aliphatic carbocycles. The van der Waals surface area contributed by atoms with Crippen molar-refractivity contribution >= 4 is 5.97 Å². The zero-order chi connectivity index (χ0) is 17.4. The highest BCUT2D eigenvalue weighted by atomic mass is 16.5. The first-order valence-corrected chi connectivity index (χ1v) is 9.19. The fourth-order valence-corrected chi connectivity index (χ4v) is 5.71. The lowest BCUT2D eigenvalue weighted by atomic mass is 9.46. The number of esters is 1. The molecular weight excluding hydrogens is 300 g/mol. The number of hydrogen-bond acceptors (Lipinski definition) is 3. The summed E-state index contributed by atoms with van der Waals surface area (Å²) in [5, 5.41) is 0. The highest BCUT2D eigenvalue weighted by Crippen LogP contribution is 2.62. The molecule has 3 heteroatoms. The van der Waals surface area contributed by atoms with Gasteiger partial charge in [0.15, 0.2) is 0 Å². The second-order valence-corrected chi connectivity index (χ2v) is 8.24. The van der Waals surface area contributed by atoms with E-state index in [2.05, 4.69) is 20.4 Å². The van der Waals surface area contributed by atoms with Crippen LogP contribution in [0.1, 0.15) is 57.9 Å². The van der Waals surface area contributed by atoms with Crippen LogP contribution >= 0.6 is 0 Å². The van der Waals surface area contributed by atoms with Gasteiger partial charge in [0, 0.05) is 0 Å². The van der Waals surface area contributed by atoms with Crippen molar-refractivity contribution in [3.05, 3.63) is 36.3 Å². The van der Waals surface area contributed by atoms with Crippen molar-refractivity contribution < 1.29 is 13.9 Å². The third-order valence-corrected chi connectivity index (χ3v) is 6.97. The number of furan rings is 1. The molecule has 0 amide bonds. The maximum Gasteiger partial charge on any atom is 0.311 e. The molecule has 0 aliphatic heterocycles. The van der Waals surface area contributed by atoms with Crippen molar-refractivity contribution in [3.8, 4) is 0 Å². The van der Waals surface area contributed by atoms with Gasteiger partial charge in [-0.3, -0.25) is 4.79 Å². The van der Waals surface area contributed by atoms with Crippen LogP contribution in [-0.4, -0.2) is 13.1 Å². The topological polar surface area (TPSA) is 39.4 Å². The number of fused-ring (bicyclic) bond motifs is 1. The van der Waals surface area contributed by atoms with Gasteiger partial charge in [0.05, 0.1) is 25.1 Å². The molecule has 1 unspecified atom stereocenters. The molecule has 1 aromatic heterocycles. The van der Waals surface area contributed by atoms with Crippen LogP contribution in [0.3, 0.4) is 0 Å². The Labute approximate surface area is 145 Å². The van der Waals surface area contributed by atoms with E-state index in [1.165, 1.54) is 24.7 Å². The third-order valence-electron chi connectivity index (χ3n) is 6.97. The summed E-state index contributed by atoms with van der Waals surface area (Å²) in [5.74, 6) is 0.820. The van der Waals surface area contributed by atoms with E-state index in [0.717, 1.165) is 38.5 Å². The van der Waals surface area contributed by atoms with Crippen molar-refractivity contribution in [1.29, 1.82) is 0 Å². The van der Waals surface area contributed by atoms with Gasteiger partial charge in [0.25, 0.3) is 0 Å². The number of carbonyl (C=O) groups is 1. The Morgan fingerprint density at radius 3 is 2.88 bits per heavy atom. The molecule has 132 valence electrons. The summed E-state index contributed by atoms with van der Waals surface area (Å²) < 4.78 is 10.4. The van der Waals surface area contributed by atoms with Crippen molar-refractivity contribution in [2.45, 2.75) is 58.8 Å². The molecule has 1 aromatic rings. The number of aryl methyl sites for hydroxylation is 1. The smallest absolute Gasteiger partial charge is 0.311 e. The molecule has 2 saturated carbocycles. The van der Waals surface area contributed by atoms with E-state index >= 15 is 0 Å². The van der Waals surface area contributed by atoms with Gasteiger partial charge in [0.2, 0.25) is 0 Å². The molecule has 24 heavy (non-hydrogen) atoms. The van der Waals surface area contributed by atoms with Gasteiger partial charge < -0.3 is 9.15 Å². The fourth-order valence-electron chi connectivity index (χ4n) is 5.71. The Kier molecular flexibility index (Phi) is 4.63. The first-order valence-electron chi connectivity index (χ1n) is 9.19. The van der Waals surface area contributed by atoms with Crippen LogP contribution in [0.15, 0.2) is 35.2 Å². The minimum Gasteiger partial charge on any atom is -0.472 e. The number of rotatable bonds is 4. The molecule has 2 aliphatic rings. The lowest BCUT2D eigenvalue weighted by Crippen LogP contribution is -2.53. The van der Waals surface area contributed by atoms with E-state index in [9.17, 15) is 4.79 Å². The Morgan fingerprint density at radius 2 is 2.21 bits per heavy atom. The predicted octanol–water partition coefficient (Wildman–Crippen LogP) is 5.16. The molecular formula is C21H30O3. The average Bonchev–Trinajstić information content (AvgIpc) is 3.06. The predicted molar refractivity (Wildman–Crippen MR) is 94.5 cm³/mol. The average molecular weight is 330 g/mol. The van der Waals surface area contributed by atoms with Crippen molar-refractivity contribution in [2.24, 2.45) is 22.7 Å². The molecule has 0 aromatic carbocycles. The van der Waals surface area contributed by atoms with Gasteiger partial charge in [-0.15, -0.1) is 0 Å². The SMILES string of the molecule is C=C1CC[C@H]2C(C)(CCC[C@]2(C)C(=O)OC)[C@H]1CCc1ccoc1. The monoisotopic (exact) mass is 330 g/mol. The summed E-state index contributed by atoms with van der Waals surface area (Å²) in [6, 6.07) is 2.05. The maximum atomic E-state index is 12.6. The van der Waals surface area contributed by atoms with Crippen LogP contribution in [0.5, 0.6) is 0 Å². The number of methoxy groups -OCH3 is 1. The molecule has 0 radical (unpaired) electrons. The Bertz CT molecular complexity index is 603. The lowest BCUT2D eigenvalue weighted by Gasteiger charge is -2.57. The molecule has 3 rings (SSSR count). The minimum absolute atomic E-state index is 0.0282. The van der Waals surface area contributed by atoms with E-state index in [4.69, 9.17) is 9.15 Å². The van der Waals surface area contributed by atoms with Crippen LogP contribution in [0.25, 0.3) is 0 Å². The Hall–Kier alpha value is -1.51. The zero-order valence-corrected chi connectivity index (χ0v) is 15.3. The number of allylic oxidation sites excluding steroid dienone is 1. The van der Waals surface area contributed by atoms with Crippen molar-refractivity contribution in [2.75, 3.05) is 7.11 Å². The number of ether oxygens (including phenoxy) is 1. The van der Waals surface area contributed by atoms with Gasteiger partial charge in [-0.1, -0.05) is 25.5 Å². The minimum atomic E-state index is -0.351. The zero-order valence-electron chi connectivity index (χ0n) is 15.3. The molecule has 0 bridgehead atoms. The Morgan fingerprint density at radius 1 is 1.42 bits per heavy atom. The fraction of sp³-hybridized carbons (Fsp3) is 0.667. The van der Waals surface area contributed by atoms with E-state index < -0.39 is 0 Å². The molecule has 0 saturated heterocycles. The van der Waals surface area contributed by atoms with Gasteiger partial charge in [-0.25, -0.2) is 0 Å². The van der Waals surface area contributed by atoms with Crippen LogP contribution in [-0.2, 0) is 16.0 Å². The normalized spacial score (nSPS) is 36.2. The summed E-state index contributed by atoms with van der Waals surface area (Å²) in [6.07, 6.45) is 11.0. The summed E-state index contributed by atoms with van der Waals surface area (Å²) in [5.41, 5.74) is 2.41. The van der Waals surface area contributed by atoms with E-state index in [1.54, 1.807) is 6.26 Å². The van der Waals surface area contributed by atoms with Gasteiger partial charge in [-0.05, 0) is 74.3 Å². The van der Waals surface area contributed by atoms with Crippen LogP contribution < -0.4 is 0 Å². The van der Waals surface area contributed by atoms with Gasteiger partial charge in [0.1, 0.15) is 0 Å². The second-order valence-electron chi connectivity index (χ2n) is 8.24. The molecule has 2 fully saturated rings. The van der Waals surface area contributed by atoms with Gasteiger partial charge >= 0.3 is 5.97 Å². The summed E-state index contributed by atoms with van der Waals surface area (Å²) >= 11 is 0. The first-order chi connectivity index (χ1) is 11.4. The summed E-state index contributed by atoms with van der Waals surface area (Å²) in [4.78, 5) is 12.6. The first kappa shape index (κ1) is 17.3. The number of hydrogen-bond donors (Lipinski definition) is 0. The molecule has 0 N–H and O–H groups in total. The molecule has 4 atom stereocenters. The second kappa shape index (κ2) is 6.42. The number of carbonyl (C=O) groups excluding carboxylic acids is 1. The molecule has 1 heterocycles. The quantitative estimate of drug-likeness (QED) is 0.565. The standard InChI is InChI=1S/C21H30O3/c1-15-6-9-18-20(2,11-5-12-21(18,3)19(22)23-4)17(15)8-7-16-10-13-24-14-16/h10,13-14,17-18H,1,5-9,11-12H2,2-4H3/t17-,18-,20?,21-/m0/s1. The van der Waals surface area contributed by atoms with Crippen LogP contribution in [0.4, 0.5) is 0 Å². The summed E-state index contributed by atoms with van der Waals surface area (Å²) in [6.45, 7) is 8.92. The van der Waals surface area contributed by atoms with E-state index in [0.29, 0.717) is 11.8 Å². The lowest BCUT2D eigenvalue weighted by molar-refractivity contribution is -0.168. The Balaban J connectivity index is 1.86. The van der Waals surface area contributed by atoms with Gasteiger partial charge in [-0.2, -0.15) is 0 Å². The molecule has 3 nitrogen and oxygen atoms in total. The highest BCUT2D eigenvalue weighted by Gasteiger charge is 2.57. The van der Waals surface area contributed by atoms with Crippen molar-refractivity contribution in [1.82, 2.24) is 0 Å². The van der Waals surface area contributed by atoms with Crippen LogP contribution in [0, 0.1) is 22.7 Å². The van der Waals surface area contributed by atoms with Crippen LogP contribution in [0.2, 0.25) is 0 Å². The van der Waals surface area contributed by atoms with E-state index in [-0.39, 0.29) is 16.8 Å². The van der Waals surface area contributed by atoms with E-state index in [1.807, 2.05) is 12.3 Å². The summed E-state index contributed by atoms with van der Waals surface area (Å²) in [7, 11) is 1.53. The maximum absolute atomic E-state index is 12.6.